The third-order valence-electron chi connectivity index (χ3n) is 4.68. The zero-order chi connectivity index (χ0) is 24.0. The zero-order valence-corrected chi connectivity index (χ0v) is 19.6. The second kappa shape index (κ2) is 10.8. The predicted octanol–water partition coefficient (Wildman–Crippen LogP) is 5.42. The van der Waals surface area contributed by atoms with Crippen molar-refractivity contribution in [3.8, 4) is 11.5 Å². The molecule has 3 aromatic rings. The third-order valence-corrected chi connectivity index (χ3v) is 5.23. The second-order valence-corrected chi connectivity index (χ2v) is 7.71. The summed E-state index contributed by atoms with van der Waals surface area (Å²) < 4.78 is 10.4. The molecule has 33 heavy (non-hydrogen) atoms. The maximum Gasteiger partial charge on any atom is 0.271 e. The van der Waals surface area contributed by atoms with Crippen LogP contribution in [0.3, 0.4) is 0 Å². The zero-order valence-electron chi connectivity index (χ0n) is 18.1. The topological polar surface area (TPSA) is 89.0 Å². The molecule has 3 aromatic carbocycles. The number of rotatable bonds is 7. The molecule has 0 atom stereocenters. The van der Waals surface area contributed by atoms with E-state index in [-0.39, 0.29) is 10.9 Å². The smallest absolute Gasteiger partial charge is 0.271 e. The van der Waals surface area contributed by atoms with Gasteiger partial charge in [-0.15, -0.1) is 0 Å². The van der Waals surface area contributed by atoms with E-state index in [9.17, 15) is 9.59 Å². The predicted molar refractivity (Wildman–Crippen MR) is 130 cm³/mol. The highest BCUT2D eigenvalue weighted by molar-refractivity contribution is 6.37. The molecule has 170 valence electrons. The molecule has 0 unspecified atom stereocenters. The van der Waals surface area contributed by atoms with Gasteiger partial charge in [0.25, 0.3) is 11.8 Å². The Hall–Kier alpha value is -3.55. The van der Waals surface area contributed by atoms with Crippen LogP contribution >= 0.6 is 23.2 Å². The number of hydrogen-bond donors (Lipinski definition) is 2. The molecule has 0 aliphatic carbocycles. The van der Waals surface area contributed by atoms with Crippen molar-refractivity contribution in [3.05, 3.63) is 87.4 Å². The lowest BCUT2D eigenvalue weighted by molar-refractivity contribution is 0.0953. The van der Waals surface area contributed by atoms with Crippen molar-refractivity contribution >= 4 is 46.4 Å². The molecule has 0 heterocycles. The maximum atomic E-state index is 12.6. The largest absolute Gasteiger partial charge is 0.493 e. The number of benzene rings is 3. The van der Waals surface area contributed by atoms with Gasteiger partial charge in [0.15, 0.2) is 11.5 Å². The fraction of sp³-hybridized carbons (Fsp3) is 0.125. The van der Waals surface area contributed by atoms with E-state index in [0.29, 0.717) is 44.6 Å². The monoisotopic (exact) mass is 485 g/mol. The summed E-state index contributed by atoms with van der Waals surface area (Å²) in [6.07, 6.45) is 0. The number of carbonyl (C=O) groups excluding carboxylic acids is 2. The van der Waals surface area contributed by atoms with Crippen LogP contribution in [0.4, 0.5) is 5.69 Å². The molecule has 0 spiro atoms. The Balaban J connectivity index is 1.71. The second-order valence-electron chi connectivity index (χ2n) is 6.87. The van der Waals surface area contributed by atoms with Crippen molar-refractivity contribution in [2.45, 2.75) is 6.92 Å². The van der Waals surface area contributed by atoms with Gasteiger partial charge in [0.2, 0.25) is 0 Å². The van der Waals surface area contributed by atoms with Crippen LogP contribution in [0.25, 0.3) is 0 Å². The Morgan fingerprint density at radius 3 is 2.30 bits per heavy atom. The summed E-state index contributed by atoms with van der Waals surface area (Å²) in [7, 11) is 3.01. The van der Waals surface area contributed by atoms with Crippen molar-refractivity contribution in [1.82, 2.24) is 5.43 Å². The van der Waals surface area contributed by atoms with E-state index in [0.717, 1.165) is 0 Å². The summed E-state index contributed by atoms with van der Waals surface area (Å²) in [5.74, 6) is 0.185. The average molecular weight is 486 g/mol. The first-order chi connectivity index (χ1) is 15.8. The minimum Gasteiger partial charge on any atom is -0.493 e. The van der Waals surface area contributed by atoms with Gasteiger partial charge in [0.05, 0.1) is 30.5 Å². The van der Waals surface area contributed by atoms with Crippen LogP contribution in [0.15, 0.2) is 65.8 Å². The van der Waals surface area contributed by atoms with Gasteiger partial charge in [0, 0.05) is 16.3 Å². The summed E-state index contributed by atoms with van der Waals surface area (Å²) in [4.78, 5) is 25.0. The number of ether oxygens (including phenoxy) is 2. The van der Waals surface area contributed by atoms with E-state index in [4.69, 9.17) is 32.7 Å². The lowest BCUT2D eigenvalue weighted by Crippen LogP contribution is -2.19. The van der Waals surface area contributed by atoms with Crippen molar-refractivity contribution < 1.29 is 19.1 Å². The Morgan fingerprint density at radius 1 is 0.848 bits per heavy atom. The van der Waals surface area contributed by atoms with Gasteiger partial charge in [0.1, 0.15) is 0 Å². The molecule has 9 heteroatoms. The highest BCUT2D eigenvalue weighted by Gasteiger charge is 2.13. The first-order valence-electron chi connectivity index (χ1n) is 9.76. The van der Waals surface area contributed by atoms with Crippen molar-refractivity contribution in [1.29, 1.82) is 0 Å². The Morgan fingerprint density at radius 2 is 1.61 bits per heavy atom. The number of hydrazone groups is 1. The minimum absolute atomic E-state index is 0.256. The lowest BCUT2D eigenvalue weighted by Gasteiger charge is -2.10. The fourth-order valence-corrected chi connectivity index (χ4v) is 3.43. The molecule has 0 aliphatic heterocycles. The van der Waals surface area contributed by atoms with Crippen LogP contribution in [0.5, 0.6) is 11.5 Å². The molecule has 0 radical (unpaired) electrons. The summed E-state index contributed by atoms with van der Waals surface area (Å²) in [6, 6.07) is 16.5. The number of hydrogen-bond acceptors (Lipinski definition) is 5. The average Bonchev–Trinajstić information content (AvgIpc) is 2.81. The molecule has 0 saturated carbocycles. The third kappa shape index (κ3) is 6.03. The van der Waals surface area contributed by atoms with Gasteiger partial charge in [-0.3, -0.25) is 9.59 Å². The van der Waals surface area contributed by atoms with Gasteiger partial charge in [-0.25, -0.2) is 5.43 Å². The lowest BCUT2D eigenvalue weighted by atomic mass is 10.1. The quantitative estimate of drug-likeness (QED) is 0.345. The molecule has 7 nitrogen and oxygen atoms in total. The fourth-order valence-electron chi connectivity index (χ4n) is 2.94. The van der Waals surface area contributed by atoms with E-state index >= 15 is 0 Å². The van der Waals surface area contributed by atoms with Crippen LogP contribution in [0, 0.1) is 0 Å². The molecule has 2 N–H and O–H groups in total. The first-order valence-corrected chi connectivity index (χ1v) is 10.5. The molecule has 0 aromatic heterocycles. The Kier molecular flexibility index (Phi) is 7.92. The van der Waals surface area contributed by atoms with E-state index < -0.39 is 5.91 Å². The standard InChI is InChI=1S/C24H21Cl2N3O4/c1-14(28-29-23(30)16-7-10-21(32-2)22(12-16)33-3)15-5-4-6-18(11-15)27-24(31)19-9-8-17(25)13-20(19)26/h4-13H,1-3H3,(H,27,31)(H,29,30). The number of methoxy groups -OCH3 is 2. The van der Waals surface area contributed by atoms with Crippen molar-refractivity contribution in [3.63, 3.8) is 0 Å². The van der Waals surface area contributed by atoms with Crippen LogP contribution in [-0.4, -0.2) is 31.7 Å². The molecular weight excluding hydrogens is 465 g/mol. The SMILES string of the molecule is COc1ccc(C(=O)NN=C(C)c2cccc(NC(=O)c3ccc(Cl)cc3Cl)c2)cc1OC. The molecule has 0 saturated heterocycles. The molecule has 2 amide bonds. The summed E-state index contributed by atoms with van der Waals surface area (Å²) in [6.45, 7) is 1.74. The molecule has 0 fully saturated rings. The van der Waals surface area contributed by atoms with E-state index in [1.165, 1.54) is 20.3 Å². The molecule has 0 aliphatic rings. The minimum atomic E-state index is -0.405. The molecule has 3 rings (SSSR count). The number of nitrogens with one attached hydrogen (secondary N) is 2. The summed E-state index contributed by atoms with van der Waals surface area (Å²) >= 11 is 12.0. The normalized spacial score (nSPS) is 11.0. The first kappa shape index (κ1) is 24.1. The van der Waals surface area contributed by atoms with Crippen LogP contribution < -0.4 is 20.2 Å². The highest BCUT2D eigenvalue weighted by atomic mass is 35.5. The van der Waals surface area contributed by atoms with Crippen LogP contribution in [-0.2, 0) is 0 Å². The van der Waals surface area contributed by atoms with Gasteiger partial charge >= 0.3 is 0 Å². The van der Waals surface area contributed by atoms with Crippen LogP contribution in [0.1, 0.15) is 33.2 Å². The van der Waals surface area contributed by atoms with E-state index in [1.807, 2.05) is 6.07 Å². The van der Waals surface area contributed by atoms with Crippen LogP contribution in [0.2, 0.25) is 10.0 Å². The summed E-state index contributed by atoms with van der Waals surface area (Å²) in [5.41, 5.74) is 4.99. The van der Waals surface area contributed by atoms with Gasteiger partial charge in [-0.2, -0.15) is 5.10 Å². The number of anilines is 1. The van der Waals surface area contributed by atoms with Gasteiger partial charge in [-0.05, 0) is 61.0 Å². The number of carbonyl (C=O) groups is 2. The Labute approximate surface area is 201 Å². The van der Waals surface area contributed by atoms with Gasteiger partial charge in [-0.1, -0.05) is 35.3 Å². The van der Waals surface area contributed by atoms with Crippen molar-refractivity contribution in [2.75, 3.05) is 19.5 Å². The highest BCUT2D eigenvalue weighted by Crippen LogP contribution is 2.27. The number of halogens is 2. The number of nitrogens with zero attached hydrogens (tertiary/aromatic N) is 1. The molecule has 0 bridgehead atoms. The summed E-state index contributed by atoms with van der Waals surface area (Å²) in [5, 5.41) is 7.66. The van der Waals surface area contributed by atoms with E-state index in [1.54, 1.807) is 55.5 Å². The van der Waals surface area contributed by atoms with Gasteiger partial charge < -0.3 is 14.8 Å². The molecular formula is C24H21Cl2N3O4. The maximum absolute atomic E-state index is 12.6. The van der Waals surface area contributed by atoms with E-state index in [2.05, 4.69) is 15.8 Å². The Bertz CT molecular complexity index is 1230. The number of amides is 2. The van der Waals surface area contributed by atoms with Crippen molar-refractivity contribution in [2.24, 2.45) is 5.10 Å².